The van der Waals surface area contributed by atoms with E-state index in [0.29, 0.717) is 32.1 Å². The fraction of sp³-hybridized carbons (Fsp3) is 0.857. The van der Waals surface area contributed by atoms with E-state index < -0.39 is 0 Å². The summed E-state index contributed by atoms with van der Waals surface area (Å²) < 4.78 is 0. The van der Waals surface area contributed by atoms with E-state index in [1.807, 2.05) is 18.7 Å². The third-order valence-electron chi connectivity index (χ3n) is 3.34. The summed E-state index contributed by atoms with van der Waals surface area (Å²) in [7, 11) is 0. The summed E-state index contributed by atoms with van der Waals surface area (Å²) in [6, 6.07) is 0.0172. The zero-order chi connectivity index (χ0) is 14.4. The van der Waals surface area contributed by atoms with Crippen molar-refractivity contribution in [3.8, 4) is 0 Å². The maximum atomic E-state index is 11.9. The second kappa shape index (κ2) is 7.48. The van der Waals surface area contributed by atoms with Crippen LogP contribution in [-0.4, -0.2) is 60.9 Å². The van der Waals surface area contributed by atoms with Gasteiger partial charge < -0.3 is 10.2 Å². The number of hydrogen-bond donors (Lipinski definition) is 1. The zero-order valence-corrected chi connectivity index (χ0v) is 12.6. The number of rotatable bonds is 5. The molecule has 0 saturated carbocycles. The minimum Gasteiger partial charge on any atom is -0.338 e. The minimum absolute atomic E-state index is 0.0172. The number of amides is 2. The number of nitrogens with one attached hydrogen (secondary N) is 1. The van der Waals surface area contributed by atoms with Crippen LogP contribution in [-0.2, 0) is 4.79 Å². The van der Waals surface area contributed by atoms with Crippen molar-refractivity contribution in [2.45, 2.75) is 27.7 Å². The molecule has 0 aromatic heterocycles. The summed E-state index contributed by atoms with van der Waals surface area (Å²) in [6.45, 7) is 12.2. The van der Waals surface area contributed by atoms with Gasteiger partial charge in [-0.1, -0.05) is 27.7 Å². The molecule has 0 aromatic carbocycles. The van der Waals surface area contributed by atoms with Crippen molar-refractivity contribution in [3.63, 3.8) is 0 Å². The van der Waals surface area contributed by atoms with Gasteiger partial charge in [0.2, 0.25) is 0 Å². The van der Waals surface area contributed by atoms with Gasteiger partial charge in [-0.3, -0.25) is 9.69 Å². The summed E-state index contributed by atoms with van der Waals surface area (Å²) in [5, 5.41) is 2.93. The fourth-order valence-electron chi connectivity index (χ4n) is 1.92. The largest absolute Gasteiger partial charge is 0.338 e. The van der Waals surface area contributed by atoms with Crippen molar-refractivity contribution < 1.29 is 9.59 Å². The Balaban J connectivity index is 2.28. The van der Waals surface area contributed by atoms with Gasteiger partial charge in [0.05, 0.1) is 6.54 Å². The van der Waals surface area contributed by atoms with E-state index >= 15 is 0 Å². The minimum atomic E-state index is 0.0172. The number of carbonyl (C=O) groups excluding carboxylic acids is 2. The Morgan fingerprint density at radius 2 is 1.63 bits per heavy atom. The highest BCUT2D eigenvalue weighted by atomic mass is 16.2. The van der Waals surface area contributed by atoms with Crippen molar-refractivity contribution in [3.05, 3.63) is 0 Å². The Bertz CT molecular complexity index is 308. The first-order valence-electron chi connectivity index (χ1n) is 7.18. The highest BCUT2D eigenvalue weighted by molar-refractivity contribution is 5.82. The van der Waals surface area contributed by atoms with E-state index in [1.54, 1.807) is 0 Å². The number of ketones is 1. The fourth-order valence-corrected chi connectivity index (χ4v) is 1.92. The summed E-state index contributed by atoms with van der Waals surface area (Å²) in [5.41, 5.74) is 0. The van der Waals surface area contributed by atoms with Gasteiger partial charge in [-0.15, -0.1) is 0 Å². The summed E-state index contributed by atoms with van der Waals surface area (Å²) in [4.78, 5) is 27.5. The van der Waals surface area contributed by atoms with E-state index in [1.165, 1.54) is 0 Å². The lowest BCUT2D eigenvalue weighted by Crippen LogP contribution is -2.53. The molecule has 0 bridgehead atoms. The molecular weight excluding hydrogens is 242 g/mol. The van der Waals surface area contributed by atoms with Crippen molar-refractivity contribution in [1.29, 1.82) is 0 Å². The topological polar surface area (TPSA) is 52.7 Å². The second-order valence-electron chi connectivity index (χ2n) is 5.96. The van der Waals surface area contributed by atoms with E-state index in [9.17, 15) is 9.59 Å². The molecule has 0 atom stereocenters. The molecule has 1 rings (SSSR count). The van der Waals surface area contributed by atoms with Gasteiger partial charge in [-0.05, 0) is 5.92 Å². The molecule has 1 fully saturated rings. The third kappa shape index (κ3) is 5.59. The van der Waals surface area contributed by atoms with Gasteiger partial charge in [0.25, 0.3) is 0 Å². The van der Waals surface area contributed by atoms with Crippen molar-refractivity contribution in [1.82, 2.24) is 15.1 Å². The smallest absolute Gasteiger partial charge is 0.317 e. The Labute approximate surface area is 116 Å². The average molecular weight is 269 g/mol. The molecule has 5 nitrogen and oxygen atoms in total. The Hall–Kier alpha value is -1.10. The lowest BCUT2D eigenvalue weighted by molar-refractivity contribution is -0.123. The summed E-state index contributed by atoms with van der Waals surface area (Å²) >= 11 is 0. The molecule has 0 aliphatic carbocycles. The van der Waals surface area contributed by atoms with Crippen LogP contribution < -0.4 is 5.32 Å². The van der Waals surface area contributed by atoms with Gasteiger partial charge >= 0.3 is 6.03 Å². The molecule has 19 heavy (non-hydrogen) atoms. The van der Waals surface area contributed by atoms with Crippen LogP contribution in [0, 0.1) is 11.8 Å². The Kier molecular flexibility index (Phi) is 6.28. The highest BCUT2D eigenvalue weighted by Gasteiger charge is 2.22. The molecule has 1 aliphatic heterocycles. The van der Waals surface area contributed by atoms with Crippen molar-refractivity contribution in [2.24, 2.45) is 11.8 Å². The van der Waals surface area contributed by atoms with E-state index in [4.69, 9.17) is 0 Å². The lowest BCUT2D eigenvalue weighted by Gasteiger charge is -2.34. The van der Waals surface area contributed by atoms with Crippen LogP contribution in [0.3, 0.4) is 0 Å². The van der Waals surface area contributed by atoms with Crippen LogP contribution in [0.25, 0.3) is 0 Å². The normalized spacial score (nSPS) is 17.1. The maximum Gasteiger partial charge on any atom is 0.317 e. The van der Waals surface area contributed by atoms with Crippen molar-refractivity contribution >= 4 is 11.8 Å². The SMILES string of the molecule is CC(C)CNC(=O)N1CCN(CC(=O)C(C)C)CC1. The predicted molar refractivity (Wildman–Crippen MR) is 76.1 cm³/mol. The lowest BCUT2D eigenvalue weighted by atomic mass is 10.1. The molecule has 1 saturated heterocycles. The zero-order valence-electron chi connectivity index (χ0n) is 12.6. The first kappa shape index (κ1) is 16.0. The average Bonchev–Trinajstić information content (AvgIpc) is 2.36. The van der Waals surface area contributed by atoms with Crippen LogP contribution in [0.2, 0.25) is 0 Å². The number of carbonyl (C=O) groups is 2. The standard InChI is InChI=1S/C14H27N3O2/c1-11(2)9-15-14(19)17-7-5-16(6-8-17)10-13(18)12(3)4/h11-12H,5-10H2,1-4H3,(H,15,19). The monoisotopic (exact) mass is 269 g/mol. The van der Waals surface area contributed by atoms with Crippen LogP contribution >= 0.6 is 0 Å². The highest BCUT2D eigenvalue weighted by Crippen LogP contribution is 2.04. The van der Waals surface area contributed by atoms with Crippen LogP contribution in [0.5, 0.6) is 0 Å². The molecule has 5 heteroatoms. The molecule has 0 aromatic rings. The molecule has 1 heterocycles. The number of nitrogens with zero attached hydrogens (tertiary/aromatic N) is 2. The molecular formula is C14H27N3O2. The molecule has 2 amide bonds. The quantitative estimate of drug-likeness (QED) is 0.816. The number of urea groups is 1. The molecule has 0 radical (unpaired) electrons. The van der Waals surface area contributed by atoms with Crippen LogP contribution in [0.15, 0.2) is 0 Å². The molecule has 110 valence electrons. The number of hydrogen-bond acceptors (Lipinski definition) is 3. The summed E-state index contributed by atoms with van der Waals surface area (Å²) in [5.74, 6) is 0.832. The van der Waals surface area contributed by atoms with Crippen molar-refractivity contribution in [2.75, 3.05) is 39.3 Å². The first-order chi connectivity index (χ1) is 8.90. The molecule has 1 N–H and O–H groups in total. The van der Waals surface area contributed by atoms with Gasteiger partial charge in [-0.2, -0.15) is 0 Å². The Morgan fingerprint density at radius 1 is 1.05 bits per heavy atom. The van der Waals surface area contributed by atoms with E-state index in [-0.39, 0.29) is 17.7 Å². The first-order valence-corrected chi connectivity index (χ1v) is 7.18. The summed E-state index contributed by atoms with van der Waals surface area (Å²) in [6.07, 6.45) is 0. The second-order valence-corrected chi connectivity index (χ2v) is 5.96. The number of piperazine rings is 1. The van der Waals surface area contributed by atoms with Crippen LogP contribution in [0.1, 0.15) is 27.7 Å². The van der Waals surface area contributed by atoms with E-state index in [0.717, 1.165) is 13.1 Å². The molecule has 0 unspecified atom stereocenters. The molecule has 1 aliphatic rings. The van der Waals surface area contributed by atoms with Gasteiger partial charge in [0.1, 0.15) is 5.78 Å². The van der Waals surface area contributed by atoms with Gasteiger partial charge in [-0.25, -0.2) is 4.79 Å². The predicted octanol–water partition coefficient (Wildman–Crippen LogP) is 1.19. The van der Waals surface area contributed by atoms with Crippen LogP contribution in [0.4, 0.5) is 4.79 Å². The van der Waals surface area contributed by atoms with E-state index in [2.05, 4.69) is 24.1 Å². The number of Topliss-reactive ketones (excluding diaryl/α,β-unsaturated/α-hetero) is 1. The Morgan fingerprint density at radius 3 is 2.11 bits per heavy atom. The van der Waals surface area contributed by atoms with Gasteiger partial charge in [0, 0.05) is 38.6 Å². The maximum absolute atomic E-state index is 11.9. The third-order valence-corrected chi connectivity index (χ3v) is 3.34. The van der Waals surface area contributed by atoms with Gasteiger partial charge in [0.15, 0.2) is 0 Å². The molecule has 0 spiro atoms.